The van der Waals surface area contributed by atoms with Crippen molar-refractivity contribution in [2.24, 2.45) is 0 Å². The normalized spacial score (nSPS) is 18.3. The maximum absolute atomic E-state index is 4.15. The van der Waals surface area contributed by atoms with Crippen molar-refractivity contribution in [2.45, 2.75) is 31.8 Å². The maximum Gasteiger partial charge on any atom is 0.0326 e. The summed E-state index contributed by atoms with van der Waals surface area (Å²) in [7, 11) is 0. The first-order chi connectivity index (χ1) is 8.93. The van der Waals surface area contributed by atoms with Crippen LogP contribution in [0.3, 0.4) is 0 Å². The number of pyridine rings is 1. The average molecular weight is 238 g/mol. The van der Waals surface area contributed by atoms with Crippen LogP contribution in [0.1, 0.15) is 35.6 Å². The van der Waals surface area contributed by atoms with Gasteiger partial charge in [0.05, 0.1) is 0 Å². The molecular formula is C16H18N2. The average Bonchev–Trinajstić information content (AvgIpc) is 2.46. The highest BCUT2D eigenvalue weighted by atomic mass is 14.9. The molecule has 18 heavy (non-hydrogen) atoms. The van der Waals surface area contributed by atoms with Gasteiger partial charge >= 0.3 is 0 Å². The Balaban J connectivity index is 1.71. The molecule has 2 aromatic rings. The van der Waals surface area contributed by atoms with E-state index in [1.807, 2.05) is 18.5 Å². The van der Waals surface area contributed by atoms with E-state index >= 15 is 0 Å². The van der Waals surface area contributed by atoms with E-state index < -0.39 is 0 Å². The summed E-state index contributed by atoms with van der Waals surface area (Å²) in [6, 6.07) is 13.4. The summed E-state index contributed by atoms with van der Waals surface area (Å²) >= 11 is 0. The number of hydrogen-bond acceptors (Lipinski definition) is 2. The molecule has 0 radical (unpaired) electrons. The first-order valence-corrected chi connectivity index (χ1v) is 6.63. The van der Waals surface area contributed by atoms with Crippen molar-refractivity contribution in [2.75, 3.05) is 0 Å². The number of aromatic nitrogens is 1. The molecule has 1 aromatic heterocycles. The molecule has 3 rings (SSSR count). The molecule has 1 aliphatic carbocycles. The standard InChI is InChI=1S/C16H18N2/c1-2-8-15-14(6-1)7-3-9-16(15)18-12-13-5-4-10-17-11-13/h1-2,4-6,8,10-11,16,18H,3,7,9,12H2/t16-/m1/s1. The van der Waals surface area contributed by atoms with Gasteiger partial charge in [-0.2, -0.15) is 0 Å². The van der Waals surface area contributed by atoms with Gasteiger partial charge in [0.1, 0.15) is 0 Å². The number of hydrogen-bond donors (Lipinski definition) is 1. The fourth-order valence-electron chi connectivity index (χ4n) is 2.71. The molecule has 0 unspecified atom stereocenters. The fraction of sp³-hybridized carbons (Fsp3) is 0.312. The second kappa shape index (κ2) is 5.32. The van der Waals surface area contributed by atoms with Gasteiger partial charge in [-0.25, -0.2) is 0 Å². The van der Waals surface area contributed by atoms with Crippen molar-refractivity contribution in [3.05, 3.63) is 65.5 Å². The molecule has 2 nitrogen and oxygen atoms in total. The van der Waals surface area contributed by atoms with Gasteiger partial charge in [-0.15, -0.1) is 0 Å². The van der Waals surface area contributed by atoms with Gasteiger partial charge in [0.15, 0.2) is 0 Å². The zero-order chi connectivity index (χ0) is 12.2. The van der Waals surface area contributed by atoms with E-state index in [-0.39, 0.29) is 0 Å². The molecule has 0 amide bonds. The Labute approximate surface area is 108 Å². The van der Waals surface area contributed by atoms with Crippen molar-refractivity contribution < 1.29 is 0 Å². The lowest BCUT2D eigenvalue weighted by molar-refractivity contribution is 0.459. The van der Waals surface area contributed by atoms with E-state index in [0.717, 1.165) is 6.54 Å². The highest BCUT2D eigenvalue weighted by Gasteiger charge is 2.18. The zero-order valence-corrected chi connectivity index (χ0v) is 10.5. The molecule has 1 N–H and O–H groups in total. The smallest absolute Gasteiger partial charge is 0.0326 e. The molecule has 2 heteroatoms. The highest BCUT2D eigenvalue weighted by molar-refractivity contribution is 5.32. The second-order valence-electron chi connectivity index (χ2n) is 4.89. The maximum atomic E-state index is 4.15. The lowest BCUT2D eigenvalue weighted by atomic mass is 9.88. The van der Waals surface area contributed by atoms with Gasteiger partial charge in [0, 0.05) is 25.0 Å². The number of nitrogens with one attached hydrogen (secondary N) is 1. The van der Waals surface area contributed by atoms with Crippen LogP contribution < -0.4 is 5.32 Å². The minimum atomic E-state index is 0.496. The Morgan fingerprint density at radius 1 is 1.17 bits per heavy atom. The van der Waals surface area contributed by atoms with Crippen LogP contribution in [0.4, 0.5) is 0 Å². The lowest BCUT2D eigenvalue weighted by Gasteiger charge is -2.26. The zero-order valence-electron chi connectivity index (χ0n) is 10.5. The Kier molecular flexibility index (Phi) is 3.37. The molecule has 1 aliphatic rings. The summed E-state index contributed by atoms with van der Waals surface area (Å²) in [5, 5.41) is 3.65. The summed E-state index contributed by atoms with van der Waals surface area (Å²) in [5.41, 5.74) is 4.24. The Hall–Kier alpha value is -1.67. The number of benzene rings is 1. The third-order valence-corrected chi connectivity index (χ3v) is 3.64. The van der Waals surface area contributed by atoms with Crippen LogP contribution in [0.5, 0.6) is 0 Å². The lowest BCUT2D eigenvalue weighted by Crippen LogP contribution is -2.24. The van der Waals surface area contributed by atoms with Gasteiger partial charge in [0.2, 0.25) is 0 Å². The van der Waals surface area contributed by atoms with Gasteiger partial charge in [-0.1, -0.05) is 30.3 Å². The Morgan fingerprint density at radius 2 is 2.11 bits per heavy atom. The Bertz CT molecular complexity index is 508. The van der Waals surface area contributed by atoms with E-state index in [1.165, 1.54) is 36.0 Å². The molecule has 0 bridgehead atoms. The van der Waals surface area contributed by atoms with Gasteiger partial charge < -0.3 is 5.32 Å². The summed E-state index contributed by atoms with van der Waals surface area (Å²) in [5.74, 6) is 0. The highest BCUT2D eigenvalue weighted by Crippen LogP contribution is 2.29. The molecule has 1 heterocycles. The van der Waals surface area contributed by atoms with Gasteiger partial charge in [0.25, 0.3) is 0 Å². The molecule has 1 aromatic carbocycles. The van der Waals surface area contributed by atoms with Crippen molar-refractivity contribution in [1.29, 1.82) is 0 Å². The monoisotopic (exact) mass is 238 g/mol. The van der Waals surface area contributed by atoms with Crippen molar-refractivity contribution in [3.63, 3.8) is 0 Å². The van der Waals surface area contributed by atoms with Crippen LogP contribution in [0, 0.1) is 0 Å². The third kappa shape index (κ3) is 2.44. The van der Waals surface area contributed by atoms with E-state index in [4.69, 9.17) is 0 Å². The minimum absolute atomic E-state index is 0.496. The van der Waals surface area contributed by atoms with Gasteiger partial charge in [-0.3, -0.25) is 4.98 Å². The fourth-order valence-corrected chi connectivity index (χ4v) is 2.71. The number of rotatable bonds is 3. The SMILES string of the molecule is c1cncc(CN[C@@H]2CCCc3ccccc32)c1. The van der Waals surface area contributed by atoms with Crippen LogP contribution in [0.15, 0.2) is 48.8 Å². The number of nitrogens with zero attached hydrogens (tertiary/aromatic N) is 1. The van der Waals surface area contributed by atoms with Crippen molar-refractivity contribution in [3.8, 4) is 0 Å². The molecule has 1 atom stereocenters. The van der Waals surface area contributed by atoms with E-state index in [1.54, 1.807) is 0 Å². The molecule has 0 aliphatic heterocycles. The quantitative estimate of drug-likeness (QED) is 0.888. The molecular weight excluding hydrogens is 220 g/mol. The molecule has 92 valence electrons. The molecule has 0 saturated carbocycles. The van der Waals surface area contributed by atoms with E-state index in [0.29, 0.717) is 6.04 Å². The summed E-state index contributed by atoms with van der Waals surface area (Å²) in [4.78, 5) is 4.15. The predicted octanol–water partition coefficient (Wildman–Crippen LogP) is 3.25. The minimum Gasteiger partial charge on any atom is -0.306 e. The first kappa shape index (κ1) is 11.4. The molecule has 0 fully saturated rings. The van der Waals surface area contributed by atoms with E-state index in [9.17, 15) is 0 Å². The van der Waals surface area contributed by atoms with Crippen molar-refractivity contribution in [1.82, 2.24) is 10.3 Å². The van der Waals surface area contributed by atoms with Gasteiger partial charge in [-0.05, 0) is 42.0 Å². The molecule has 0 spiro atoms. The summed E-state index contributed by atoms with van der Waals surface area (Å²) in [6.45, 7) is 0.896. The number of fused-ring (bicyclic) bond motifs is 1. The summed E-state index contributed by atoms with van der Waals surface area (Å²) in [6.07, 6.45) is 7.49. The van der Waals surface area contributed by atoms with Crippen LogP contribution in [0.2, 0.25) is 0 Å². The number of aryl methyl sites for hydroxylation is 1. The molecule has 0 saturated heterocycles. The van der Waals surface area contributed by atoms with E-state index in [2.05, 4.69) is 40.6 Å². The largest absolute Gasteiger partial charge is 0.306 e. The second-order valence-corrected chi connectivity index (χ2v) is 4.89. The summed E-state index contributed by atoms with van der Waals surface area (Å²) < 4.78 is 0. The topological polar surface area (TPSA) is 24.9 Å². The predicted molar refractivity (Wildman–Crippen MR) is 73.2 cm³/mol. The van der Waals surface area contributed by atoms with Crippen molar-refractivity contribution >= 4 is 0 Å². The van der Waals surface area contributed by atoms with Crippen LogP contribution in [-0.4, -0.2) is 4.98 Å². The first-order valence-electron chi connectivity index (χ1n) is 6.63. The third-order valence-electron chi connectivity index (χ3n) is 3.64. The van der Waals surface area contributed by atoms with Crippen LogP contribution >= 0.6 is 0 Å². The Morgan fingerprint density at radius 3 is 3.00 bits per heavy atom. The van der Waals surface area contributed by atoms with Crippen LogP contribution in [0.25, 0.3) is 0 Å². The van der Waals surface area contributed by atoms with Crippen LogP contribution in [-0.2, 0) is 13.0 Å².